The van der Waals surface area contributed by atoms with E-state index in [2.05, 4.69) is 27.4 Å². The average molecular weight is 302 g/mol. The number of amides is 1. The van der Waals surface area contributed by atoms with Gasteiger partial charge in [0, 0.05) is 28.2 Å². The third-order valence-corrected chi connectivity index (χ3v) is 4.81. The molecule has 2 nitrogen and oxygen atoms in total. The number of halogens is 1. The molecule has 0 aliphatic heterocycles. The first-order chi connectivity index (χ1) is 7.65. The molecule has 0 aromatic carbocycles. The zero-order chi connectivity index (χ0) is 11.5. The molecule has 1 saturated carbocycles. The van der Waals surface area contributed by atoms with Crippen LogP contribution < -0.4 is 0 Å². The van der Waals surface area contributed by atoms with Gasteiger partial charge in [-0.1, -0.05) is 6.42 Å². The maximum absolute atomic E-state index is 11.9. The van der Waals surface area contributed by atoms with Crippen LogP contribution in [0.4, 0.5) is 0 Å². The van der Waals surface area contributed by atoms with Gasteiger partial charge < -0.3 is 4.90 Å². The van der Waals surface area contributed by atoms with E-state index in [0.29, 0.717) is 5.92 Å². The lowest BCUT2D eigenvalue weighted by Crippen LogP contribution is -2.29. The molecule has 1 aliphatic carbocycles. The molecule has 1 fully saturated rings. The molecule has 1 aromatic heterocycles. The molecule has 1 heterocycles. The van der Waals surface area contributed by atoms with Gasteiger partial charge in [0.05, 0.1) is 6.54 Å². The second-order valence-corrected chi connectivity index (χ2v) is 6.39. The van der Waals surface area contributed by atoms with E-state index >= 15 is 0 Å². The van der Waals surface area contributed by atoms with Crippen molar-refractivity contribution in [1.29, 1.82) is 0 Å². The minimum atomic E-state index is 0.286. The fourth-order valence-electron chi connectivity index (χ4n) is 1.86. The summed E-state index contributed by atoms with van der Waals surface area (Å²) in [5, 5.41) is 2.06. The van der Waals surface area contributed by atoms with E-state index in [0.717, 1.165) is 17.4 Å². The maximum atomic E-state index is 11.9. The number of hydrogen-bond acceptors (Lipinski definition) is 2. The van der Waals surface area contributed by atoms with E-state index in [1.807, 2.05) is 11.9 Å². The second kappa shape index (κ2) is 5.32. The second-order valence-electron chi connectivity index (χ2n) is 4.48. The third kappa shape index (κ3) is 3.08. The summed E-state index contributed by atoms with van der Waals surface area (Å²) in [7, 11) is 1.90. The van der Waals surface area contributed by atoms with Crippen LogP contribution in [0.1, 0.15) is 30.6 Å². The molecule has 0 spiro atoms. The van der Waals surface area contributed by atoms with Crippen LogP contribution in [-0.2, 0) is 11.3 Å². The molecule has 1 amide bonds. The van der Waals surface area contributed by atoms with Crippen molar-refractivity contribution in [3.63, 3.8) is 0 Å². The highest BCUT2D eigenvalue weighted by Crippen LogP contribution is 2.30. The summed E-state index contributed by atoms with van der Waals surface area (Å²) in [4.78, 5) is 15.0. The summed E-state index contributed by atoms with van der Waals surface area (Å²) in [5.74, 6) is 0.944. The van der Waals surface area contributed by atoms with E-state index in [-0.39, 0.29) is 5.91 Å². The maximum Gasteiger partial charge on any atom is 0.222 e. The van der Waals surface area contributed by atoms with Gasteiger partial charge in [-0.15, -0.1) is 11.3 Å². The van der Waals surface area contributed by atoms with E-state index < -0.39 is 0 Å². The van der Waals surface area contributed by atoms with E-state index in [9.17, 15) is 4.79 Å². The van der Waals surface area contributed by atoms with Crippen LogP contribution >= 0.6 is 27.3 Å². The Balaban J connectivity index is 1.82. The molecule has 0 unspecified atom stereocenters. The van der Waals surface area contributed by atoms with Crippen molar-refractivity contribution < 1.29 is 4.79 Å². The standard InChI is InChI=1S/C12H16BrNOS/c1-14(7-11-6-10(13)8-16-11)12(15)5-9-3-2-4-9/h6,8-9H,2-5,7H2,1H3. The van der Waals surface area contributed by atoms with E-state index in [4.69, 9.17) is 0 Å². The predicted molar refractivity (Wildman–Crippen MR) is 70.5 cm³/mol. The van der Waals surface area contributed by atoms with Crippen molar-refractivity contribution >= 4 is 33.2 Å². The number of carbonyl (C=O) groups excluding carboxylic acids is 1. The SMILES string of the molecule is CN(Cc1cc(Br)cs1)C(=O)CC1CCC1. The number of rotatable bonds is 4. The first-order valence-electron chi connectivity index (χ1n) is 5.62. The van der Waals surface area contributed by atoms with Crippen LogP contribution in [0.25, 0.3) is 0 Å². The van der Waals surface area contributed by atoms with Crippen molar-refractivity contribution in [3.8, 4) is 0 Å². The quantitative estimate of drug-likeness (QED) is 0.831. The molecule has 0 saturated heterocycles. The summed E-state index contributed by atoms with van der Waals surface area (Å²) in [6.07, 6.45) is 4.52. The minimum Gasteiger partial charge on any atom is -0.341 e. The van der Waals surface area contributed by atoms with E-state index in [1.165, 1.54) is 24.1 Å². The van der Waals surface area contributed by atoms with Crippen molar-refractivity contribution in [3.05, 3.63) is 20.8 Å². The Morgan fingerprint density at radius 1 is 1.62 bits per heavy atom. The first-order valence-corrected chi connectivity index (χ1v) is 7.29. The van der Waals surface area contributed by atoms with Crippen LogP contribution in [0, 0.1) is 5.92 Å². The summed E-state index contributed by atoms with van der Waals surface area (Å²) in [5.41, 5.74) is 0. The fourth-order valence-corrected chi connectivity index (χ4v) is 3.36. The van der Waals surface area contributed by atoms with Gasteiger partial charge in [0.1, 0.15) is 0 Å². The zero-order valence-corrected chi connectivity index (χ0v) is 11.8. The van der Waals surface area contributed by atoms with Crippen molar-refractivity contribution in [1.82, 2.24) is 4.90 Å². The Bertz CT molecular complexity index is 373. The fraction of sp³-hybridized carbons (Fsp3) is 0.583. The smallest absolute Gasteiger partial charge is 0.222 e. The van der Waals surface area contributed by atoms with Crippen molar-refractivity contribution in [2.45, 2.75) is 32.2 Å². The van der Waals surface area contributed by atoms with E-state index in [1.54, 1.807) is 11.3 Å². The lowest BCUT2D eigenvalue weighted by molar-refractivity contribution is -0.132. The molecule has 1 aromatic rings. The molecule has 0 atom stereocenters. The van der Waals surface area contributed by atoms with Crippen LogP contribution in [0.5, 0.6) is 0 Å². The van der Waals surface area contributed by atoms with Crippen LogP contribution in [-0.4, -0.2) is 17.9 Å². The molecule has 0 bridgehead atoms. The normalized spacial score (nSPS) is 15.9. The summed E-state index contributed by atoms with van der Waals surface area (Å²) in [6, 6.07) is 2.08. The van der Waals surface area contributed by atoms with Crippen molar-refractivity contribution in [2.75, 3.05) is 7.05 Å². The first kappa shape index (κ1) is 12.1. The molecule has 0 N–H and O–H groups in total. The van der Waals surface area contributed by atoms with Gasteiger partial charge in [0.2, 0.25) is 5.91 Å². The molecule has 4 heteroatoms. The Kier molecular flexibility index (Phi) is 4.03. The van der Waals surface area contributed by atoms with Gasteiger partial charge in [0.25, 0.3) is 0 Å². The number of thiophene rings is 1. The monoisotopic (exact) mass is 301 g/mol. The summed E-state index contributed by atoms with van der Waals surface area (Å²) < 4.78 is 1.10. The largest absolute Gasteiger partial charge is 0.341 e. The molecular weight excluding hydrogens is 286 g/mol. The molecule has 0 radical (unpaired) electrons. The molecule has 2 rings (SSSR count). The van der Waals surface area contributed by atoms with Gasteiger partial charge in [0.15, 0.2) is 0 Å². The van der Waals surface area contributed by atoms with Gasteiger partial charge in [-0.25, -0.2) is 0 Å². The van der Waals surface area contributed by atoms with Gasteiger partial charge >= 0.3 is 0 Å². The third-order valence-electron chi connectivity index (χ3n) is 3.13. The lowest BCUT2D eigenvalue weighted by Gasteiger charge is -2.27. The number of hydrogen-bond donors (Lipinski definition) is 0. The summed E-state index contributed by atoms with van der Waals surface area (Å²) >= 11 is 5.12. The highest BCUT2D eigenvalue weighted by molar-refractivity contribution is 9.10. The van der Waals surface area contributed by atoms with Gasteiger partial charge in [-0.2, -0.15) is 0 Å². The molecular formula is C12H16BrNOS. The molecule has 88 valence electrons. The Morgan fingerprint density at radius 3 is 2.88 bits per heavy atom. The Hall–Kier alpha value is -0.350. The molecule has 1 aliphatic rings. The van der Waals surface area contributed by atoms with Gasteiger partial charge in [-0.05, 0) is 40.8 Å². The van der Waals surface area contributed by atoms with Gasteiger partial charge in [-0.3, -0.25) is 4.79 Å². The highest BCUT2D eigenvalue weighted by Gasteiger charge is 2.22. The number of nitrogens with zero attached hydrogens (tertiary/aromatic N) is 1. The Morgan fingerprint density at radius 2 is 2.38 bits per heavy atom. The summed E-state index contributed by atoms with van der Waals surface area (Å²) in [6.45, 7) is 0.738. The molecule has 16 heavy (non-hydrogen) atoms. The zero-order valence-electron chi connectivity index (χ0n) is 9.41. The average Bonchev–Trinajstić information content (AvgIpc) is 2.57. The lowest BCUT2D eigenvalue weighted by atomic mass is 9.83. The topological polar surface area (TPSA) is 20.3 Å². The van der Waals surface area contributed by atoms with Crippen LogP contribution in [0.2, 0.25) is 0 Å². The number of carbonyl (C=O) groups is 1. The Labute approximate surface area is 109 Å². The predicted octanol–water partition coefficient (Wildman–Crippen LogP) is 3.66. The van der Waals surface area contributed by atoms with Crippen LogP contribution in [0.15, 0.2) is 15.9 Å². The highest BCUT2D eigenvalue weighted by atomic mass is 79.9. The minimum absolute atomic E-state index is 0.286. The van der Waals surface area contributed by atoms with Crippen molar-refractivity contribution in [2.24, 2.45) is 5.92 Å². The van der Waals surface area contributed by atoms with Crippen LogP contribution in [0.3, 0.4) is 0 Å².